The fourth-order valence-corrected chi connectivity index (χ4v) is 3.36. The van der Waals surface area contributed by atoms with E-state index in [2.05, 4.69) is 37.2 Å². The first-order chi connectivity index (χ1) is 11.1. The maximum atomic E-state index is 12.7. The van der Waals surface area contributed by atoms with E-state index in [1.165, 1.54) is 0 Å². The highest BCUT2D eigenvalue weighted by atomic mass is 79.9. The van der Waals surface area contributed by atoms with Crippen molar-refractivity contribution in [2.75, 3.05) is 13.1 Å². The van der Waals surface area contributed by atoms with Crippen LogP contribution in [-0.2, 0) is 4.79 Å². The van der Waals surface area contributed by atoms with Crippen molar-refractivity contribution in [3.63, 3.8) is 0 Å². The smallest absolute Gasteiger partial charge is 0.187 e. The number of hydrogen-bond acceptors (Lipinski definition) is 2. The lowest BCUT2D eigenvalue weighted by molar-refractivity contribution is -0.112. The second-order valence-electron chi connectivity index (χ2n) is 5.38. The summed E-state index contributed by atoms with van der Waals surface area (Å²) in [7, 11) is 0. The van der Waals surface area contributed by atoms with Gasteiger partial charge in [-0.15, -0.1) is 0 Å². The van der Waals surface area contributed by atoms with E-state index in [9.17, 15) is 4.79 Å². The van der Waals surface area contributed by atoms with Gasteiger partial charge >= 0.3 is 0 Å². The molecule has 2 aromatic rings. The lowest BCUT2D eigenvalue weighted by atomic mass is 9.95. The standard InChI is InChI=1S/C19H15Br2NO/c20-17-5-1-3-13(9-17)7-15-11-22-12-16(19(15)23)8-14-4-2-6-18(21)10-14/h1-10,22H,11-12H2. The number of carbonyl (C=O) groups excluding carboxylic acids is 1. The van der Waals surface area contributed by atoms with Gasteiger partial charge in [-0.25, -0.2) is 0 Å². The molecule has 3 rings (SSSR count). The molecule has 1 aliphatic rings. The molecule has 0 saturated carbocycles. The molecule has 4 heteroatoms. The molecule has 0 aliphatic carbocycles. The third kappa shape index (κ3) is 4.28. The maximum absolute atomic E-state index is 12.7. The van der Waals surface area contributed by atoms with E-state index in [0.29, 0.717) is 13.1 Å². The first-order valence-electron chi connectivity index (χ1n) is 7.29. The molecule has 0 atom stereocenters. The third-order valence-electron chi connectivity index (χ3n) is 3.59. The van der Waals surface area contributed by atoms with Crippen molar-refractivity contribution in [2.45, 2.75) is 0 Å². The van der Waals surface area contributed by atoms with E-state index < -0.39 is 0 Å². The van der Waals surface area contributed by atoms with Crippen LogP contribution in [0.3, 0.4) is 0 Å². The molecule has 1 fully saturated rings. The van der Waals surface area contributed by atoms with Gasteiger partial charge in [0, 0.05) is 33.2 Å². The van der Waals surface area contributed by atoms with Gasteiger partial charge < -0.3 is 5.32 Å². The second kappa shape index (κ2) is 7.39. The van der Waals surface area contributed by atoms with Crippen molar-refractivity contribution in [2.24, 2.45) is 0 Å². The first-order valence-corrected chi connectivity index (χ1v) is 8.88. The predicted molar refractivity (Wildman–Crippen MR) is 102 cm³/mol. The summed E-state index contributed by atoms with van der Waals surface area (Å²) in [6.45, 7) is 1.20. The molecule has 116 valence electrons. The van der Waals surface area contributed by atoms with Crippen LogP contribution in [0.25, 0.3) is 12.2 Å². The number of piperidine rings is 1. The minimum absolute atomic E-state index is 0.115. The monoisotopic (exact) mass is 431 g/mol. The number of halogens is 2. The zero-order valence-corrected chi connectivity index (χ0v) is 15.5. The van der Waals surface area contributed by atoms with Crippen LogP contribution in [-0.4, -0.2) is 18.9 Å². The normalized spacial score (nSPS) is 18.6. The van der Waals surface area contributed by atoms with E-state index in [4.69, 9.17) is 0 Å². The Morgan fingerprint density at radius 2 is 1.30 bits per heavy atom. The zero-order valence-electron chi connectivity index (χ0n) is 12.4. The van der Waals surface area contributed by atoms with Crippen molar-refractivity contribution in [1.82, 2.24) is 5.32 Å². The summed E-state index contributed by atoms with van der Waals surface area (Å²) in [5.74, 6) is 0.115. The molecule has 2 nitrogen and oxygen atoms in total. The van der Waals surface area contributed by atoms with E-state index >= 15 is 0 Å². The molecule has 0 bridgehead atoms. The van der Waals surface area contributed by atoms with Gasteiger partial charge in [0.05, 0.1) is 0 Å². The topological polar surface area (TPSA) is 29.1 Å². The van der Waals surface area contributed by atoms with Gasteiger partial charge in [0.1, 0.15) is 0 Å². The SMILES string of the molecule is O=C1C(=Cc2cccc(Br)c2)CNCC1=Cc1cccc(Br)c1. The predicted octanol–water partition coefficient (Wildman–Crippen LogP) is 4.85. The van der Waals surface area contributed by atoms with Crippen LogP contribution < -0.4 is 5.32 Å². The molecule has 1 heterocycles. The van der Waals surface area contributed by atoms with Crippen LogP contribution >= 0.6 is 31.9 Å². The summed E-state index contributed by atoms with van der Waals surface area (Å²) < 4.78 is 2.01. The number of rotatable bonds is 2. The van der Waals surface area contributed by atoms with E-state index in [1.54, 1.807) is 0 Å². The lowest BCUT2D eigenvalue weighted by Gasteiger charge is -2.18. The molecule has 2 aromatic carbocycles. The van der Waals surface area contributed by atoms with Crippen molar-refractivity contribution >= 4 is 49.8 Å². The Balaban J connectivity index is 1.89. The minimum atomic E-state index is 0.115. The van der Waals surface area contributed by atoms with Crippen molar-refractivity contribution in [3.8, 4) is 0 Å². The van der Waals surface area contributed by atoms with Crippen LogP contribution in [0.4, 0.5) is 0 Å². The molecule has 23 heavy (non-hydrogen) atoms. The summed E-state index contributed by atoms with van der Waals surface area (Å²) in [4.78, 5) is 12.7. The van der Waals surface area contributed by atoms with Crippen molar-refractivity contribution < 1.29 is 4.79 Å². The van der Waals surface area contributed by atoms with E-state index in [-0.39, 0.29) is 5.78 Å². The molecule has 1 N–H and O–H groups in total. The van der Waals surface area contributed by atoms with Gasteiger partial charge in [-0.3, -0.25) is 4.79 Å². The Bertz CT molecular complexity index is 743. The number of Topliss-reactive ketones (excluding diaryl/α,β-unsaturated/α-hetero) is 1. The number of carbonyl (C=O) groups is 1. The molecule has 1 aliphatic heterocycles. The van der Waals surface area contributed by atoms with E-state index in [1.807, 2.05) is 60.7 Å². The Morgan fingerprint density at radius 1 is 0.826 bits per heavy atom. The number of hydrogen-bond donors (Lipinski definition) is 1. The Hall–Kier alpha value is -1.49. The number of nitrogens with one attached hydrogen (secondary N) is 1. The highest BCUT2D eigenvalue weighted by Gasteiger charge is 2.20. The Morgan fingerprint density at radius 3 is 1.74 bits per heavy atom. The van der Waals surface area contributed by atoms with Gasteiger partial charge in [0.25, 0.3) is 0 Å². The average molecular weight is 433 g/mol. The first kappa shape index (κ1) is 16.4. The van der Waals surface area contributed by atoms with Gasteiger partial charge in [0.15, 0.2) is 5.78 Å². The minimum Gasteiger partial charge on any atom is -0.308 e. The molecule has 0 unspecified atom stereocenters. The number of benzene rings is 2. The van der Waals surface area contributed by atoms with Crippen LogP contribution in [0.5, 0.6) is 0 Å². The molecule has 1 saturated heterocycles. The van der Waals surface area contributed by atoms with Gasteiger partial charge in [0.2, 0.25) is 0 Å². The maximum Gasteiger partial charge on any atom is 0.187 e. The second-order valence-corrected chi connectivity index (χ2v) is 7.21. The number of ketones is 1. The summed E-state index contributed by atoms with van der Waals surface area (Å²) in [6.07, 6.45) is 3.90. The van der Waals surface area contributed by atoms with Crippen LogP contribution in [0.15, 0.2) is 68.6 Å². The van der Waals surface area contributed by atoms with Crippen LogP contribution in [0, 0.1) is 0 Å². The van der Waals surface area contributed by atoms with Crippen LogP contribution in [0.2, 0.25) is 0 Å². The van der Waals surface area contributed by atoms with Gasteiger partial charge in [-0.1, -0.05) is 56.1 Å². The van der Waals surface area contributed by atoms with Gasteiger partial charge in [-0.05, 0) is 47.5 Å². The highest BCUT2D eigenvalue weighted by Crippen LogP contribution is 2.20. The van der Waals surface area contributed by atoms with Gasteiger partial charge in [-0.2, -0.15) is 0 Å². The zero-order chi connectivity index (χ0) is 16.2. The molecular formula is C19H15Br2NO. The summed E-state index contributed by atoms with van der Waals surface area (Å²) in [5.41, 5.74) is 3.62. The average Bonchev–Trinajstić information content (AvgIpc) is 2.51. The largest absolute Gasteiger partial charge is 0.308 e. The molecular weight excluding hydrogens is 418 g/mol. The molecule has 0 radical (unpaired) electrons. The quantitative estimate of drug-likeness (QED) is 0.687. The third-order valence-corrected chi connectivity index (χ3v) is 4.58. The lowest BCUT2D eigenvalue weighted by Crippen LogP contribution is -2.32. The highest BCUT2D eigenvalue weighted by molar-refractivity contribution is 9.10. The fourth-order valence-electron chi connectivity index (χ4n) is 2.53. The molecule has 0 amide bonds. The summed E-state index contributed by atoms with van der Waals surface area (Å²) >= 11 is 6.92. The van der Waals surface area contributed by atoms with Crippen molar-refractivity contribution in [3.05, 3.63) is 79.7 Å². The summed E-state index contributed by atoms with van der Waals surface area (Å²) in [5, 5.41) is 3.30. The Labute approximate surface area is 152 Å². The molecule has 0 spiro atoms. The molecule has 0 aromatic heterocycles. The Kier molecular flexibility index (Phi) is 5.26. The van der Waals surface area contributed by atoms with E-state index in [0.717, 1.165) is 31.2 Å². The summed E-state index contributed by atoms with van der Waals surface area (Å²) in [6, 6.07) is 15.9. The van der Waals surface area contributed by atoms with Crippen LogP contribution in [0.1, 0.15) is 11.1 Å². The fraction of sp³-hybridized carbons (Fsp3) is 0.105. The van der Waals surface area contributed by atoms with Crippen molar-refractivity contribution in [1.29, 1.82) is 0 Å².